The number of aliphatic hydroxyl groups excluding tert-OH is 1. The van der Waals surface area contributed by atoms with Crippen LogP contribution in [0.1, 0.15) is 47.2 Å². The Morgan fingerprint density at radius 1 is 1.38 bits per heavy atom. The maximum Gasteiger partial charge on any atom is 0.273 e. The average molecular weight is 440 g/mol. The molecule has 0 saturated carbocycles. The minimum absolute atomic E-state index is 0.129. The molecule has 0 aromatic carbocycles. The standard InChI is InChI=1S/C23H29N5O4/c1-5-6-17-9-18-21(26-10-17)32-20(15(2)12-28(22(18)30)16(3)14-29)13-27(4)23(31)19-11-24-7-8-25-19/h5-11,15-16,20,29H,12-14H2,1-4H3/b6-5+/t15-,16+,20-/m1/s1. The van der Waals surface area contributed by atoms with Crippen molar-refractivity contribution in [3.05, 3.63) is 53.8 Å². The van der Waals surface area contributed by atoms with Crippen molar-refractivity contribution in [2.45, 2.75) is 32.9 Å². The Hall–Kier alpha value is -3.33. The predicted molar refractivity (Wildman–Crippen MR) is 119 cm³/mol. The zero-order chi connectivity index (χ0) is 23.3. The normalized spacial score (nSPS) is 19.7. The third-order valence-electron chi connectivity index (χ3n) is 5.48. The molecule has 170 valence electrons. The van der Waals surface area contributed by atoms with E-state index in [0.717, 1.165) is 5.56 Å². The lowest BCUT2D eigenvalue weighted by molar-refractivity contribution is 0.0312. The number of likely N-dealkylation sites (N-methyl/N-ethyl adjacent to an activating group) is 1. The topological polar surface area (TPSA) is 109 Å². The summed E-state index contributed by atoms with van der Waals surface area (Å²) in [7, 11) is 1.68. The zero-order valence-corrected chi connectivity index (χ0v) is 18.8. The Labute approximate surface area is 187 Å². The second kappa shape index (κ2) is 10.3. The Kier molecular flexibility index (Phi) is 7.53. The summed E-state index contributed by atoms with van der Waals surface area (Å²) in [6.45, 7) is 6.11. The van der Waals surface area contributed by atoms with Crippen molar-refractivity contribution in [3.8, 4) is 5.88 Å². The number of hydrogen-bond acceptors (Lipinski definition) is 7. The molecule has 0 fully saturated rings. The molecule has 0 aliphatic carbocycles. The molecule has 0 spiro atoms. The van der Waals surface area contributed by atoms with Crippen molar-refractivity contribution in [1.82, 2.24) is 24.8 Å². The molecular formula is C23H29N5O4. The first-order chi connectivity index (χ1) is 15.3. The van der Waals surface area contributed by atoms with Crippen LogP contribution in [0, 0.1) is 5.92 Å². The number of carbonyl (C=O) groups excluding carboxylic acids is 2. The van der Waals surface area contributed by atoms with Crippen LogP contribution in [0.4, 0.5) is 0 Å². The highest BCUT2D eigenvalue weighted by Crippen LogP contribution is 2.27. The fourth-order valence-electron chi connectivity index (χ4n) is 3.58. The van der Waals surface area contributed by atoms with Gasteiger partial charge in [-0.05, 0) is 25.5 Å². The summed E-state index contributed by atoms with van der Waals surface area (Å²) in [5, 5.41) is 9.73. The maximum absolute atomic E-state index is 13.3. The van der Waals surface area contributed by atoms with Gasteiger partial charge in [0.25, 0.3) is 11.8 Å². The van der Waals surface area contributed by atoms with E-state index in [0.29, 0.717) is 12.1 Å². The van der Waals surface area contributed by atoms with Crippen LogP contribution in [0.3, 0.4) is 0 Å². The van der Waals surface area contributed by atoms with Crippen LogP contribution in [-0.2, 0) is 0 Å². The van der Waals surface area contributed by atoms with Crippen molar-refractivity contribution in [3.63, 3.8) is 0 Å². The molecule has 1 aliphatic heterocycles. The first kappa shape index (κ1) is 23.3. The van der Waals surface area contributed by atoms with Gasteiger partial charge in [0.05, 0.1) is 25.4 Å². The van der Waals surface area contributed by atoms with Crippen molar-refractivity contribution in [2.75, 3.05) is 26.7 Å². The molecule has 0 saturated heterocycles. The summed E-state index contributed by atoms with van der Waals surface area (Å²) >= 11 is 0. The molecule has 0 unspecified atom stereocenters. The number of hydrogen-bond donors (Lipinski definition) is 1. The van der Waals surface area contributed by atoms with Gasteiger partial charge in [0.2, 0.25) is 5.88 Å². The number of ether oxygens (including phenoxy) is 1. The fourth-order valence-corrected chi connectivity index (χ4v) is 3.58. The van der Waals surface area contributed by atoms with Crippen LogP contribution in [0.15, 0.2) is 36.9 Å². The van der Waals surface area contributed by atoms with Crippen LogP contribution in [-0.4, -0.2) is 80.6 Å². The van der Waals surface area contributed by atoms with Crippen LogP contribution >= 0.6 is 0 Å². The molecule has 9 heteroatoms. The highest BCUT2D eigenvalue weighted by Gasteiger charge is 2.34. The molecule has 2 aromatic rings. The Morgan fingerprint density at radius 2 is 2.16 bits per heavy atom. The SMILES string of the molecule is C/C=C/c1cnc2c(c1)C(=O)N([C@@H](C)CO)C[C@@H](C)[C@@H](CN(C)C(=O)c1cnccn1)O2. The predicted octanol–water partition coefficient (Wildman–Crippen LogP) is 1.90. The van der Waals surface area contributed by atoms with E-state index in [1.807, 2.05) is 26.0 Å². The van der Waals surface area contributed by atoms with E-state index in [1.54, 1.807) is 31.1 Å². The molecule has 3 atom stereocenters. The highest BCUT2D eigenvalue weighted by atomic mass is 16.5. The lowest BCUT2D eigenvalue weighted by Crippen LogP contribution is -2.50. The van der Waals surface area contributed by atoms with E-state index in [1.165, 1.54) is 23.5 Å². The molecule has 2 aromatic heterocycles. The van der Waals surface area contributed by atoms with E-state index in [-0.39, 0.29) is 48.5 Å². The van der Waals surface area contributed by atoms with Crippen LogP contribution < -0.4 is 4.74 Å². The maximum atomic E-state index is 13.3. The van der Waals surface area contributed by atoms with Crippen molar-refractivity contribution in [1.29, 1.82) is 0 Å². The minimum atomic E-state index is -0.430. The molecule has 1 aliphatic rings. The number of amides is 2. The van der Waals surface area contributed by atoms with Crippen LogP contribution in [0.25, 0.3) is 6.08 Å². The minimum Gasteiger partial charge on any atom is -0.472 e. The molecule has 0 bridgehead atoms. The summed E-state index contributed by atoms with van der Waals surface area (Å²) < 4.78 is 6.20. The summed E-state index contributed by atoms with van der Waals surface area (Å²) in [5.74, 6) is -0.426. The summed E-state index contributed by atoms with van der Waals surface area (Å²) in [6.07, 6.45) is 9.33. The number of rotatable bonds is 6. The smallest absolute Gasteiger partial charge is 0.273 e. The van der Waals surface area contributed by atoms with E-state index >= 15 is 0 Å². The number of aromatic nitrogens is 3. The van der Waals surface area contributed by atoms with Gasteiger partial charge in [0, 0.05) is 38.1 Å². The largest absolute Gasteiger partial charge is 0.472 e. The Morgan fingerprint density at radius 3 is 2.81 bits per heavy atom. The number of pyridine rings is 1. The molecular weight excluding hydrogens is 410 g/mol. The second-order valence-corrected chi connectivity index (χ2v) is 8.02. The van der Waals surface area contributed by atoms with Gasteiger partial charge in [0.1, 0.15) is 17.4 Å². The van der Waals surface area contributed by atoms with Gasteiger partial charge in [-0.1, -0.05) is 19.1 Å². The average Bonchev–Trinajstić information content (AvgIpc) is 2.81. The quantitative estimate of drug-likeness (QED) is 0.732. The molecule has 3 heterocycles. The Balaban J connectivity index is 1.93. The van der Waals surface area contributed by atoms with E-state index in [9.17, 15) is 14.7 Å². The van der Waals surface area contributed by atoms with Gasteiger partial charge in [-0.3, -0.25) is 14.6 Å². The molecule has 32 heavy (non-hydrogen) atoms. The molecule has 3 rings (SSSR count). The lowest BCUT2D eigenvalue weighted by Gasteiger charge is -2.37. The van der Waals surface area contributed by atoms with Gasteiger partial charge in [0.15, 0.2) is 0 Å². The number of fused-ring (bicyclic) bond motifs is 1. The third-order valence-corrected chi connectivity index (χ3v) is 5.48. The highest BCUT2D eigenvalue weighted by molar-refractivity contribution is 5.97. The van der Waals surface area contributed by atoms with E-state index in [4.69, 9.17) is 4.74 Å². The number of carbonyl (C=O) groups is 2. The van der Waals surface area contributed by atoms with Crippen molar-refractivity contribution < 1.29 is 19.4 Å². The van der Waals surface area contributed by atoms with E-state index < -0.39 is 6.10 Å². The molecule has 1 N–H and O–H groups in total. The first-order valence-electron chi connectivity index (χ1n) is 10.6. The molecule has 0 radical (unpaired) electrons. The first-order valence-corrected chi connectivity index (χ1v) is 10.6. The fraction of sp³-hybridized carbons (Fsp3) is 0.435. The second-order valence-electron chi connectivity index (χ2n) is 8.02. The van der Waals surface area contributed by atoms with Crippen molar-refractivity contribution >= 4 is 17.9 Å². The van der Waals surface area contributed by atoms with Gasteiger partial charge in [-0.15, -0.1) is 0 Å². The number of nitrogens with zero attached hydrogens (tertiary/aromatic N) is 5. The summed E-state index contributed by atoms with van der Waals surface area (Å²) in [6, 6.07) is 1.37. The summed E-state index contributed by atoms with van der Waals surface area (Å²) in [5.41, 5.74) is 1.36. The summed E-state index contributed by atoms with van der Waals surface area (Å²) in [4.78, 5) is 41.7. The van der Waals surface area contributed by atoms with E-state index in [2.05, 4.69) is 15.0 Å². The van der Waals surface area contributed by atoms with Crippen molar-refractivity contribution in [2.24, 2.45) is 5.92 Å². The Bertz CT molecular complexity index is 982. The van der Waals surface area contributed by atoms with Gasteiger partial charge in [-0.25, -0.2) is 9.97 Å². The zero-order valence-electron chi connectivity index (χ0n) is 18.8. The van der Waals surface area contributed by atoms with Gasteiger partial charge < -0.3 is 19.6 Å². The number of aliphatic hydroxyl groups is 1. The third kappa shape index (κ3) is 5.11. The van der Waals surface area contributed by atoms with Gasteiger partial charge in [-0.2, -0.15) is 0 Å². The number of allylic oxidation sites excluding steroid dienone is 1. The van der Waals surface area contributed by atoms with Gasteiger partial charge >= 0.3 is 0 Å². The monoisotopic (exact) mass is 439 g/mol. The molecule has 2 amide bonds. The van der Waals surface area contributed by atoms with Crippen LogP contribution in [0.5, 0.6) is 5.88 Å². The molecule has 9 nitrogen and oxygen atoms in total. The van der Waals surface area contributed by atoms with Crippen LogP contribution in [0.2, 0.25) is 0 Å². The lowest BCUT2D eigenvalue weighted by atomic mass is 9.99.